The van der Waals surface area contributed by atoms with E-state index in [1.54, 1.807) is 11.3 Å². The summed E-state index contributed by atoms with van der Waals surface area (Å²) >= 11 is 1.68. The van der Waals surface area contributed by atoms with Crippen molar-refractivity contribution >= 4 is 17.0 Å². The van der Waals surface area contributed by atoms with Crippen LogP contribution in [0.4, 0.5) is 0 Å². The van der Waals surface area contributed by atoms with E-state index in [1.165, 1.54) is 5.56 Å². The van der Waals surface area contributed by atoms with Gasteiger partial charge in [0.1, 0.15) is 0 Å². The van der Waals surface area contributed by atoms with Crippen molar-refractivity contribution in [1.82, 2.24) is 5.32 Å². The Labute approximate surface area is 59.0 Å². The van der Waals surface area contributed by atoms with E-state index in [9.17, 15) is 0 Å². The van der Waals surface area contributed by atoms with Gasteiger partial charge in [-0.15, -0.1) is 0 Å². The van der Waals surface area contributed by atoms with Gasteiger partial charge in [-0.05, 0) is 16.8 Å². The molecule has 0 aliphatic rings. The molecular formula is C7H9NS. The van der Waals surface area contributed by atoms with Crippen LogP contribution >= 0.6 is 11.3 Å². The number of rotatable bonds is 2. The molecular weight excluding hydrogens is 130 g/mol. The lowest BCUT2D eigenvalue weighted by atomic mass is 10.3. The van der Waals surface area contributed by atoms with Crippen molar-refractivity contribution in [2.45, 2.75) is 0 Å². The summed E-state index contributed by atoms with van der Waals surface area (Å²) in [5, 5.41) is 7.09. The van der Waals surface area contributed by atoms with Crippen LogP contribution in [0.2, 0.25) is 0 Å². The second-order valence-corrected chi connectivity index (χ2v) is 2.52. The fourth-order valence-electron chi connectivity index (χ4n) is 0.581. The van der Waals surface area contributed by atoms with Crippen molar-refractivity contribution in [3.05, 3.63) is 29.0 Å². The van der Waals surface area contributed by atoms with E-state index >= 15 is 0 Å². The molecule has 0 fully saturated rings. The lowest BCUT2D eigenvalue weighted by molar-refractivity contribution is 1.14. The summed E-state index contributed by atoms with van der Waals surface area (Å²) in [7, 11) is 1.88. The van der Waals surface area contributed by atoms with E-state index in [1.807, 2.05) is 18.5 Å². The highest BCUT2D eigenvalue weighted by Crippen LogP contribution is 2.11. The smallest absolute Gasteiger partial charge is 0.0346 e. The first-order chi connectivity index (χ1) is 4.34. The highest BCUT2D eigenvalue weighted by Gasteiger charge is 1.92. The van der Waals surface area contributed by atoms with Gasteiger partial charge in [0.25, 0.3) is 0 Å². The molecule has 1 rings (SSSR count). The third-order valence-corrected chi connectivity index (χ3v) is 1.85. The second-order valence-electron chi connectivity index (χ2n) is 1.74. The molecule has 0 aliphatic heterocycles. The molecule has 0 saturated carbocycles. The van der Waals surface area contributed by atoms with Crippen molar-refractivity contribution in [3.63, 3.8) is 0 Å². The van der Waals surface area contributed by atoms with E-state index in [2.05, 4.69) is 17.3 Å². The van der Waals surface area contributed by atoms with Crippen molar-refractivity contribution in [1.29, 1.82) is 0 Å². The van der Waals surface area contributed by atoms with Crippen LogP contribution in [0.15, 0.2) is 23.4 Å². The second kappa shape index (κ2) is 2.69. The van der Waals surface area contributed by atoms with Gasteiger partial charge in [0.15, 0.2) is 0 Å². The molecule has 0 radical (unpaired) electrons. The predicted octanol–water partition coefficient (Wildman–Crippen LogP) is 1.94. The number of hydrogen-bond acceptors (Lipinski definition) is 2. The first-order valence-corrected chi connectivity index (χ1v) is 3.68. The molecule has 1 heterocycles. The molecule has 1 nitrogen and oxygen atoms in total. The molecule has 1 aromatic heterocycles. The van der Waals surface area contributed by atoms with Gasteiger partial charge in [-0.1, -0.05) is 6.58 Å². The summed E-state index contributed by atoms with van der Waals surface area (Å²) in [6, 6.07) is 2.05. The van der Waals surface area contributed by atoms with Gasteiger partial charge in [0, 0.05) is 18.3 Å². The molecule has 1 aromatic rings. The Morgan fingerprint density at radius 1 is 1.78 bits per heavy atom. The monoisotopic (exact) mass is 139 g/mol. The Kier molecular flexibility index (Phi) is 1.90. The molecule has 0 amide bonds. The van der Waals surface area contributed by atoms with Crippen molar-refractivity contribution in [3.8, 4) is 0 Å². The first-order valence-electron chi connectivity index (χ1n) is 2.74. The highest BCUT2D eigenvalue weighted by atomic mass is 32.1. The minimum atomic E-state index is 0.983. The zero-order valence-corrected chi connectivity index (χ0v) is 6.16. The Bertz CT molecular complexity index is 189. The maximum atomic E-state index is 3.81. The maximum Gasteiger partial charge on any atom is 0.0346 e. The summed E-state index contributed by atoms with van der Waals surface area (Å²) in [6.07, 6.45) is 0. The van der Waals surface area contributed by atoms with Gasteiger partial charge in [0.2, 0.25) is 0 Å². The van der Waals surface area contributed by atoms with Gasteiger partial charge in [0.05, 0.1) is 0 Å². The zero-order valence-electron chi connectivity index (χ0n) is 5.35. The Hall–Kier alpha value is -0.760. The Morgan fingerprint density at radius 3 is 3.00 bits per heavy atom. The van der Waals surface area contributed by atoms with Gasteiger partial charge in [-0.3, -0.25) is 0 Å². The van der Waals surface area contributed by atoms with Crippen LogP contribution in [-0.4, -0.2) is 7.05 Å². The van der Waals surface area contributed by atoms with Crippen molar-refractivity contribution in [2.24, 2.45) is 0 Å². The standard InChI is InChI=1S/C7H9NS/c1-6(8-2)7-3-4-9-5-7/h3-5,8H,1H2,2H3. The summed E-state index contributed by atoms with van der Waals surface area (Å²) in [5.41, 5.74) is 2.17. The highest BCUT2D eigenvalue weighted by molar-refractivity contribution is 7.08. The van der Waals surface area contributed by atoms with Crippen LogP contribution in [0.25, 0.3) is 5.70 Å². The SMILES string of the molecule is C=C(NC)c1ccsc1. The summed E-state index contributed by atoms with van der Waals surface area (Å²) in [6.45, 7) is 3.81. The quantitative estimate of drug-likeness (QED) is 0.660. The molecule has 0 aromatic carbocycles. The third-order valence-electron chi connectivity index (χ3n) is 1.17. The maximum absolute atomic E-state index is 3.81. The fourth-order valence-corrected chi connectivity index (χ4v) is 1.25. The van der Waals surface area contributed by atoms with Crippen LogP contribution < -0.4 is 5.32 Å². The lowest BCUT2D eigenvalue weighted by Crippen LogP contribution is -2.00. The van der Waals surface area contributed by atoms with Crippen molar-refractivity contribution < 1.29 is 0 Å². The molecule has 9 heavy (non-hydrogen) atoms. The summed E-state index contributed by atoms with van der Waals surface area (Å²) in [5.74, 6) is 0. The zero-order chi connectivity index (χ0) is 6.69. The van der Waals surface area contributed by atoms with Gasteiger partial charge >= 0.3 is 0 Å². The average molecular weight is 139 g/mol. The van der Waals surface area contributed by atoms with Crippen LogP contribution in [0.3, 0.4) is 0 Å². The minimum absolute atomic E-state index is 0.983. The minimum Gasteiger partial charge on any atom is -0.388 e. The third kappa shape index (κ3) is 1.33. The van der Waals surface area contributed by atoms with Crippen molar-refractivity contribution in [2.75, 3.05) is 7.05 Å². The van der Waals surface area contributed by atoms with E-state index in [4.69, 9.17) is 0 Å². The molecule has 0 aliphatic carbocycles. The van der Waals surface area contributed by atoms with E-state index < -0.39 is 0 Å². The first kappa shape index (κ1) is 6.36. The summed E-state index contributed by atoms with van der Waals surface area (Å²) < 4.78 is 0. The molecule has 48 valence electrons. The number of hydrogen-bond donors (Lipinski definition) is 1. The molecule has 0 spiro atoms. The van der Waals surface area contributed by atoms with Crippen LogP contribution in [0.5, 0.6) is 0 Å². The van der Waals surface area contributed by atoms with Gasteiger partial charge in [-0.2, -0.15) is 11.3 Å². The molecule has 0 bridgehead atoms. The molecule has 1 N–H and O–H groups in total. The number of thiophene rings is 1. The van der Waals surface area contributed by atoms with Crippen LogP contribution in [0.1, 0.15) is 5.56 Å². The normalized spacial score (nSPS) is 9.00. The van der Waals surface area contributed by atoms with Crippen LogP contribution in [0, 0.1) is 0 Å². The fraction of sp³-hybridized carbons (Fsp3) is 0.143. The molecule has 2 heteroatoms. The van der Waals surface area contributed by atoms with E-state index in [-0.39, 0.29) is 0 Å². The Morgan fingerprint density at radius 2 is 2.56 bits per heavy atom. The molecule has 0 unspecified atom stereocenters. The van der Waals surface area contributed by atoms with Gasteiger partial charge in [-0.25, -0.2) is 0 Å². The predicted molar refractivity (Wildman–Crippen MR) is 42.4 cm³/mol. The van der Waals surface area contributed by atoms with E-state index in [0.29, 0.717) is 0 Å². The van der Waals surface area contributed by atoms with Gasteiger partial charge < -0.3 is 5.32 Å². The van der Waals surface area contributed by atoms with E-state index in [0.717, 1.165) is 5.70 Å². The largest absolute Gasteiger partial charge is 0.388 e. The Balaban J connectivity index is 2.77. The molecule has 0 saturated heterocycles. The lowest BCUT2D eigenvalue weighted by Gasteiger charge is -1.98. The average Bonchev–Trinajstić information content (AvgIpc) is 2.37. The van der Waals surface area contributed by atoms with Crippen LogP contribution in [-0.2, 0) is 0 Å². The topological polar surface area (TPSA) is 12.0 Å². The molecule has 0 atom stereocenters. The summed E-state index contributed by atoms with van der Waals surface area (Å²) in [4.78, 5) is 0. The number of nitrogens with one attached hydrogen (secondary N) is 1.